The first kappa shape index (κ1) is 38.0. The van der Waals surface area contributed by atoms with Gasteiger partial charge in [0, 0.05) is 32.1 Å². The number of methoxy groups -OCH3 is 1. The summed E-state index contributed by atoms with van der Waals surface area (Å²) in [5.74, 6) is -2.50. The third kappa shape index (κ3) is 4.72. The van der Waals surface area contributed by atoms with Crippen molar-refractivity contribution in [3.8, 4) is 0 Å². The van der Waals surface area contributed by atoms with Crippen molar-refractivity contribution in [1.29, 1.82) is 0 Å². The molecule has 0 N–H and O–H groups in total. The molecular formula is C40H60FNO9. The van der Waals surface area contributed by atoms with Gasteiger partial charge in [0.15, 0.2) is 0 Å². The fourth-order valence-corrected chi connectivity index (χ4v) is 14.4. The Balaban J connectivity index is 1.55. The maximum Gasteiger partial charge on any atom is 0.328 e. The van der Waals surface area contributed by atoms with Gasteiger partial charge in [-0.3, -0.25) is 19.2 Å². The predicted octanol–water partition coefficient (Wildman–Crippen LogP) is 6.21. The number of carbonyl (C=O) groups is 5. The van der Waals surface area contributed by atoms with E-state index >= 15 is 9.18 Å². The van der Waals surface area contributed by atoms with E-state index < -0.39 is 80.9 Å². The lowest BCUT2D eigenvalue weighted by molar-refractivity contribution is -0.304. The van der Waals surface area contributed by atoms with Crippen LogP contribution < -0.4 is 0 Å². The Morgan fingerprint density at radius 2 is 1.55 bits per heavy atom. The number of hydrogen-bond donors (Lipinski definition) is 0. The van der Waals surface area contributed by atoms with Crippen molar-refractivity contribution in [2.45, 2.75) is 151 Å². The van der Waals surface area contributed by atoms with Crippen molar-refractivity contribution in [1.82, 2.24) is 4.90 Å². The van der Waals surface area contributed by atoms with Crippen LogP contribution in [0.3, 0.4) is 0 Å². The lowest BCUT2D eigenvalue weighted by Crippen LogP contribution is -2.80. The van der Waals surface area contributed by atoms with Crippen LogP contribution in [0.5, 0.6) is 0 Å². The third-order valence-electron chi connectivity index (χ3n) is 16.6. The van der Waals surface area contributed by atoms with Crippen LogP contribution in [0.25, 0.3) is 0 Å². The SMILES string of the molecule is COC(=O)[C@H](C)N1C(=O)[C@]23CC[C@@H](C)[C@H](C)[C@H]2[C@]12[C@H](F)C[C@@H]1[C@@]4(C)C[C@@H](OC(C)=O)[C@H](OC(C)=O)[C@@](C)(COC(C)=O)[C@@H]4CC[C@@]1(C)[C@]2(C)CC3. The van der Waals surface area contributed by atoms with Crippen molar-refractivity contribution in [3.05, 3.63) is 0 Å². The lowest BCUT2D eigenvalue weighted by Gasteiger charge is -2.76. The van der Waals surface area contributed by atoms with Crippen LogP contribution in [0.4, 0.5) is 4.39 Å². The third-order valence-corrected chi connectivity index (χ3v) is 16.6. The summed E-state index contributed by atoms with van der Waals surface area (Å²) < 4.78 is 41.5. The Morgan fingerprint density at radius 1 is 0.902 bits per heavy atom. The number of ether oxygens (including phenoxy) is 4. The molecule has 6 fully saturated rings. The molecule has 15 atom stereocenters. The molecule has 0 aromatic rings. The minimum atomic E-state index is -1.45. The maximum absolute atomic E-state index is 18.6. The number of amides is 1. The molecule has 6 aliphatic rings. The van der Waals surface area contributed by atoms with E-state index in [4.69, 9.17) is 18.9 Å². The molecule has 2 bridgehead atoms. The van der Waals surface area contributed by atoms with Gasteiger partial charge in [-0.2, -0.15) is 0 Å². The van der Waals surface area contributed by atoms with E-state index in [1.54, 1.807) is 11.8 Å². The Morgan fingerprint density at radius 3 is 2.14 bits per heavy atom. The molecular weight excluding hydrogens is 657 g/mol. The first-order valence-corrected chi connectivity index (χ1v) is 19.2. The van der Waals surface area contributed by atoms with Crippen molar-refractivity contribution >= 4 is 29.8 Å². The van der Waals surface area contributed by atoms with E-state index in [1.807, 2.05) is 6.92 Å². The van der Waals surface area contributed by atoms with Crippen molar-refractivity contribution in [2.75, 3.05) is 13.7 Å². The second-order valence-electron chi connectivity index (χ2n) is 18.5. The van der Waals surface area contributed by atoms with Crippen LogP contribution in [-0.2, 0) is 42.9 Å². The number of carbonyl (C=O) groups excluding carboxylic acids is 5. The van der Waals surface area contributed by atoms with Crippen molar-refractivity contribution in [3.63, 3.8) is 0 Å². The molecule has 1 saturated heterocycles. The summed E-state index contributed by atoms with van der Waals surface area (Å²) in [5, 5.41) is 0. The topological polar surface area (TPSA) is 126 Å². The summed E-state index contributed by atoms with van der Waals surface area (Å²) in [4.78, 5) is 67.6. The number of rotatable bonds is 6. The van der Waals surface area contributed by atoms with E-state index in [9.17, 15) is 19.2 Å². The summed E-state index contributed by atoms with van der Waals surface area (Å²) in [6, 6.07) is -0.949. The molecule has 6 rings (SSSR count). The molecule has 51 heavy (non-hydrogen) atoms. The first-order chi connectivity index (χ1) is 23.6. The predicted molar refractivity (Wildman–Crippen MR) is 184 cm³/mol. The van der Waals surface area contributed by atoms with Gasteiger partial charge in [-0.15, -0.1) is 0 Å². The van der Waals surface area contributed by atoms with E-state index in [0.717, 1.165) is 6.42 Å². The number of likely N-dealkylation sites (tertiary alicyclic amines) is 1. The van der Waals surface area contributed by atoms with Crippen LogP contribution in [-0.4, -0.2) is 78.4 Å². The monoisotopic (exact) mass is 717 g/mol. The summed E-state index contributed by atoms with van der Waals surface area (Å²) >= 11 is 0. The van der Waals surface area contributed by atoms with Gasteiger partial charge in [0.1, 0.15) is 31.0 Å². The quantitative estimate of drug-likeness (QED) is 0.233. The van der Waals surface area contributed by atoms with Gasteiger partial charge in [-0.05, 0) is 98.2 Å². The molecule has 1 aliphatic heterocycles. The first-order valence-electron chi connectivity index (χ1n) is 19.2. The fraction of sp³-hybridized carbons (Fsp3) is 0.875. The molecule has 0 aromatic heterocycles. The smallest absolute Gasteiger partial charge is 0.328 e. The highest BCUT2D eigenvalue weighted by atomic mass is 19.1. The van der Waals surface area contributed by atoms with Gasteiger partial charge in [-0.1, -0.05) is 41.5 Å². The molecule has 0 radical (unpaired) electrons. The van der Waals surface area contributed by atoms with Gasteiger partial charge in [0.25, 0.3) is 0 Å². The molecule has 10 nitrogen and oxygen atoms in total. The number of hydrogen-bond acceptors (Lipinski definition) is 9. The molecule has 286 valence electrons. The highest BCUT2D eigenvalue weighted by Crippen LogP contribution is 2.82. The summed E-state index contributed by atoms with van der Waals surface area (Å²) in [6.45, 7) is 18.6. The van der Waals surface area contributed by atoms with Crippen LogP contribution >= 0.6 is 0 Å². The van der Waals surface area contributed by atoms with Crippen LogP contribution in [0.2, 0.25) is 0 Å². The van der Waals surface area contributed by atoms with Gasteiger partial charge in [0.2, 0.25) is 5.91 Å². The van der Waals surface area contributed by atoms with Gasteiger partial charge in [-0.25, -0.2) is 9.18 Å². The Labute approximate surface area is 302 Å². The van der Waals surface area contributed by atoms with E-state index in [-0.39, 0.29) is 48.5 Å². The molecule has 1 amide bonds. The molecule has 1 heterocycles. The Kier molecular flexibility index (Phi) is 9.06. The molecule has 1 spiro atoms. The number of nitrogens with zero attached hydrogens (tertiary/aromatic N) is 1. The molecule has 11 heteroatoms. The van der Waals surface area contributed by atoms with E-state index in [2.05, 4.69) is 34.6 Å². The normalized spacial score (nSPS) is 48.9. The summed E-state index contributed by atoms with van der Waals surface area (Å²) in [6.07, 6.45) is 1.52. The van der Waals surface area contributed by atoms with E-state index in [1.165, 1.54) is 27.9 Å². The molecule has 5 aliphatic carbocycles. The zero-order chi connectivity index (χ0) is 37.9. The minimum absolute atomic E-state index is 0.0546. The number of halogens is 1. The van der Waals surface area contributed by atoms with Gasteiger partial charge >= 0.3 is 23.9 Å². The zero-order valence-electron chi connectivity index (χ0n) is 32.6. The lowest BCUT2D eigenvalue weighted by atomic mass is 9.29. The van der Waals surface area contributed by atoms with Crippen LogP contribution in [0, 0.1) is 56.7 Å². The standard InChI is InChI=1S/C40H60FNO9/c1-21-12-15-39-17-16-38(10)37(9)14-13-28-35(7,19-27(50-25(5)44)32(51-26(6)45)36(28,8)20-49-24(4)43)29(37)18-30(41)40(38,31(39)22(21)2)42(34(39)47)23(3)33(46)48-11/h21-23,27-32H,12-20H2,1-11H3/t21-,22+,23+,27-,28-,29-,30-,31-,32+,35+,36+,37-,38+,39+,40+/m1/s1. The van der Waals surface area contributed by atoms with E-state index in [0.29, 0.717) is 38.5 Å². The number of esters is 4. The zero-order valence-corrected chi connectivity index (χ0v) is 32.6. The molecule has 5 saturated carbocycles. The average molecular weight is 718 g/mol. The average Bonchev–Trinajstić information content (AvgIpc) is 3.23. The summed E-state index contributed by atoms with van der Waals surface area (Å²) in [7, 11) is 1.32. The minimum Gasteiger partial charge on any atom is -0.467 e. The van der Waals surface area contributed by atoms with Crippen LogP contribution in [0.15, 0.2) is 0 Å². The van der Waals surface area contributed by atoms with Crippen molar-refractivity contribution < 1.29 is 47.3 Å². The largest absolute Gasteiger partial charge is 0.467 e. The highest BCUT2D eigenvalue weighted by molar-refractivity contribution is 5.92. The fourth-order valence-electron chi connectivity index (χ4n) is 14.4. The van der Waals surface area contributed by atoms with Gasteiger partial charge in [0.05, 0.1) is 18.1 Å². The maximum atomic E-state index is 18.6. The second-order valence-corrected chi connectivity index (χ2v) is 18.5. The Hall–Kier alpha value is -2.72. The Bertz CT molecular complexity index is 1500. The summed E-state index contributed by atoms with van der Waals surface area (Å²) in [5.41, 5.74) is -4.80. The highest BCUT2D eigenvalue weighted by Gasteiger charge is 2.85. The molecule has 0 unspecified atom stereocenters. The number of fused-ring (bicyclic) bond motifs is 4. The second kappa shape index (κ2) is 12.2. The number of alkyl halides is 1. The molecule has 0 aromatic carbocycles. The van der Waals surface area contributed by atoms with Crippen LogP contribution in [0.1, 0.15) is 121 Å². The van der Waals surface area contributed by atoms with Gasteiger partial charge < -0.3 is 23.8 Å². The van der Waals surface area contributed by atoms with Crippen molar-refractivity contribution in [2.24, 2.45) is 56.7 Å².